The molecular weight excluding hydrogens is 326 g/mol. The smallest absolute Gasteiger partial charge is 0.243 e. The second-order valence-electron chi connectivity index (χ2n) is 5.05. The highest BCUT2D eigenvalue weighted by Crippen LogP contribution is 2.31. The maximum absolute atomic E-state index is 12.8. The van der Waals surface area contributed by atoms with E-state index in [-0.39, 0.29) is 11.4 Å². The molecule has 7 heteroatoms. The molecule has 3 rings (SSSR count). The summed E-state index contributed by atoms with van der Waals surface area (Å²) in [5.41, 5.74) is 0. The van der Waals surface area contributed by atoms with Gasteiger partial charge < -0.3 is 9.47 Å². The monoisotopic (exact) mass is 341 g/mol. The number of nitrogens with zero attached hydrogens (tertiary/aromatic N) is 1. The highest BCUT2D eigenvalue weighted by Gasteiger charge is 2.28. The van der Waals surface area contributed by atoms with Crippen molar-refractivity contribution in [1.82, 2.24) is 4.31 Å². The number of halogens is 1. The van der Waals surface area contributed by atoms with Crippen molar-refractivity contribution in [2.24, 2.45) is 0 Å². The molecule has 0 unspecified atom stereocenters. The zero-order valence-electron chi connectivity index (χ0n) is 12.0. The molecule has 118 valence electrons. The molecular formula is C15H16ClNO4S. The lowest BCUT2D eigenvalue weighted by atomic mass is 10.1. The fourth-order valence-electron chi connectivity index (χ4n) is 2.47. The van der Waals surface area contributed by atoms with Gasteiger partial charge in [0, 0.05) is 17.5 Å². The maximum Gasteiger partial charge on any atom is 0.243 e. The Balaban J connectivity index is 2.01. The molecule has 0 bridgehead atoms. The van der Waals surface area contributed by atoms with E-state index in [1.807, 2.05) is 12.1 Å². The molecule has 0 atom stereocenters. The topological polar surface area (TPSA) is 55.8 Å². The molecule has 0 spiro atoms. The van der Waals surface area contributed by atoms with Crippen molar-refractivity contribution in [3.63, 3.8) is 0 Å². The summed E-state index contributed by atoms with van der Waals surface area (Å²) in [5.74, 6) is 0. The molecule has 0 amide bonds. The lowest BCUT2D eigenvalue weighted by molar-refractivity contribution is -0.0482. The molecule has 2 aromatic carbocycles. The lowest BCUT2D eigenvalue weighted by Gasteiger charge is -2.21. The van der Waals surface area contributed by atoms with Crippen molar-refractivity contribution < 1.29 is 17.9 Å². The van der Waals surface area contributed by atoms with Gasteiger partial charge in [0.1, 0.15) is 0 Å². The number of rotatable bonds is 4. The SMILES string of the molecule is CN(CC1OCCO1)S(=O)(=O)c1cccc2cccc(Cl)c12. The van der Waals surface area contributed by atoms with Gasteiger partial charge in [-0.25, -0.2) is 8.42 Å². The van der Waals surface area contributed by atoms with Crippen LogP contribution in [0.1, 0.15) is 0 Å². The van der Waals surface area contributed by atoms with Gasteiger partial charge in [-0.2, -0.15) is 4.31 Å². The van der Waals surface area contributed by atoms with Gasteiger partial charge in [0.2, 0.25) is 10.0 Å². The van der Waals surface area contributed by atoms with Crippen LogP contribution in [-0.4, -0.2) is 45.8 Å². The van der Waals surface area contributed by atoms with Crippen LogP contribution in [0.25, 0.3) is 10.8 Å². The summed E-state index contributed by atoms with van der Waals surface area (Å²) < 4.78 is 37.5. The van der Waals surface area contributed by atoms with Crippen LogP contribution in [0.3, 0.4) is 0 Å². The largest absolute Gasteiger partial charge is 0.349 e. The fourth-order valence-corrected chi connectivity index (χ4v) is 4.20. The van der Waals surface area contributed by atoms with E-state index in [0.717, 1.165) is 5.39 Å². The summed E-state index contributed by atoms with van der Waals surface area (Å²) in [6.45, 7) is 1.11. The summed E-state index contributed by atoms with van der Waals surface area (Å²) in [7, 11) is -2.18. The van der Waals surface area contributed by atoms with E-state index in [1.165, 1.54) is 11.4 Å². The standard InChI is InChI=1S/C15H16ClNO4S/c1-17(10-14-20-8-9-21-14)22(18,19)13-7-3-5-11-4-2-6-12(16)15(11)13/h2-7,14H,8-10H2,1H3. The van der Waals surface area contributed by atoms with Gasteiger partial charge in [0.25, 0.3) is 0 Å². The highest BCUT2D eigenvalue weighted by molar-refractivity contribution is 7.89. The van der Waals surface area contributed by atoms with E-state index in [2.05, 4.69) is 0 Å². The molecule has 22 heavy (non-hydrogen) atoms. The molecule has 0 radical (unpaired) electrons. The van der Waals surface area contributed by atoms with Crippen molar-refractivity contribution in [1.29, 1.82) is 0 Å². The van der Waals surface area contributed by atoms with Gasteiger partial charge in [-0.1, -0.05) is 35.9 Å². The molecule has 1 fully saturated rings. The van der Waals surface area contributed by atoms with Crippen LogP contribution in [0.4, 0.5) is 0 Å². The Bertz CT molecular complexity index is 782. The number of hydrogen-bond donors (Lipinski definition) is 0. The third-order valence-electron chi connectivity index (χ3n) is 3.60. The van der Waals surface area contributed by atoms with Crippen LogP contribution in [0.5, 0.6) is 0 Å². The van der Waals surface area contributed by atoms with Gasteiger partial charge in [0.15, 0.2) is 6.29 Å². The maximum atomic E-state index is 12.8. The number of hydrogen-bond acceptors (Lipinski definition) is 4. The molecule has 1 aliphatic heterocycles. The number of fused-ring (bicyclic) bond motifs is 1. The second-order valence-corrected chi connectivity index (χ2v) is 7.47. The summed E-state index contributed by atoms with van der Waals surface area (Å²) in [6.07, 6.45) is -0.523. The van der Waals surface area contributed by atoms with Gasteiger partial charge >= 0.3 is 0 Å². The molecule has 0 N–H and O–H groups in total. The zero-order valence-corrected chi connectivity index (χ0v) is 13.6. The molecule has 5 nitrogen and oxygen atoms in total. The average molecular weight is 342 g/mol. The summed E-state index contributed by atoms with van der Waals surface area (Å²) >= 11 is 6.21. The van der Waals surface area contributed by atoms with Crippen LogP contribution in [0.15, 0.2) is 41.3 Å². The van der Waals surface area contributed by atoms with E-state index >= 15 is 0 Å². The van der Waals surface area contributed by atoms with Crippen molar-refractivity contribution in [2.45, 2.75) is 11.2 Å². The van der Waals surface area contributed by atoms with Crippen molar-refractivity contribution in [2.75, 3.05) is 26.8 Å². The Morgan fingerprint density at radius 2 is 1.82 bits per heavy atom. The van der Waals surface area contributed by atoms with E-state index in [0.29, 0.717) is 23.6 Å². The molecule has 0 aliphatic carbocycles. The number of ether oxygens (including phenoxy) is 2. The van der Waals surface area contributed by atoms with Crippen LogP contribution < -0.4 is 0 Å². The van der Waals surface area contributed by atoms with Crippen LogP contribution in [0, 0.1) is 0 Å². The van der Waals surface area contributed by atoms with E-state index in [1.54, 1.807) is 24.3 Å². The van der Waals surface area contributed by atoms with Gasteiger partial charge in [-0.05, 0) is 17.5 Å². The van der Waals surface area contributed by atoms with E-state index in [9.17, 15) is 8.42 Å². The average Bonchev–Trinajstić information content (AvgIpc) is 3.00. The Morgan fingerprint density at radius 3 is 2.50 bits per heavy atom. The molecule has 0 aromatic heterocycles. The molecule has 1 aliphatic rings. The first-order valence-corrected chi connectivity index (χ1v) is 8.69. The van der Waals surface area contributed by atoms with Crippen LogP contribution in [0.2, 0.25) is 5.02 Å². The second kappa shape index (κ2) is 6.14. The van der Waals surface area contributed by atoms with Gasteiger partial charge in [0.05, 0.1) is 24.7 Å². The first kappa shape index (κ1) is 15.7. The van der Waals surface area contributed by atoms with Crippen LogP contribution >= 0.6 is 11.6 Å². The van der Waals surface area contributed by atoms with Crippen molar-refractivity contribution in [3.8, 4) is 0 Å². The number of benzene rings is 2. The minimum Gasteiger partial charge on any atom is -0.349 e. The minimum absolute atomic E-state index is 0.142. The molecule has 1 heterocycles. The highest BCUT2D eigenvalue weighted by atomic mass is 35.5. The fraction of sp³-hybridized carbons (Fsp3) is 0.333. The molecule has 1 saturated heterocycles. The Labute approximate surface area is 134 Å². The number of likely N-dealkylation sites (N-methyl/N-ethyl adjacent to an activating group) is 1. The zero-order chi connectivity index (χ0) is 15.7. The Morgan fingerprint density at radius 1 is 1.18 bits per heavy atom. The summed E-state index contributed by atoms with van der Waals surface area (Å²) in [5, 5.41) is 1.74. The van der Waals surface area contributed by atoms with E-state index < -0.39 is 16.3 Å². The molecule has 0 saturated carbocycles. The van der Waals surface area contributed by atoms with Crippen molar-refractivity contribution in [3.05, 3.63) is 41.4 Å². The first-order valence-electron chi connectivity index (χ1n) is 6.87. The third kappa shape index (κ3) is 2.85. The molecule has 2 aromatic rings. The first-order chi connectivity index (χ1) is 10.5. The Hall–Kier alpha value is -1.18. The predicted molar refractivity (Wildman–Crippen MR) is 84.5 cm³/mol. The predicted octanol–water partition coefficient (Wildman–Crippen LogP) is 2.49. The quantitative estimate of drug-likeness (QED) is 0.857. The van der Waals surface area contributed by atoms with Gasteiger partial charge in [-0.15, -0.1) is 0 Å². The van der Waals surface area contributed by atoms with E-state index in [4.69, 9.17) is 21.1 Å². The Kier molecular flexibility index (Phi) is 4.38. The minimum atomic E-state index is -3.69. The summed E-state index contributed by atoms with van der Waals surface area (Å²) in [4.78, 5) is 0.191. The summed E-state index contributed by atoms with van der Waals surface area (Å²) in [6, 6.07) is 10.4. The van der Waals surface area contributed by atoms with Crippen LogP contribution in [-0.2, 0) is 19.5 Å². The third-order valence-corrected chi connectivity index (χ3v) is 5.78. The lowest BCUT2D eigenvalue weighted by Crippen LogP contribution is -2.34. The number of sulfonamides is 1. The van der Waals surface area contributed by atoms with Gasteiger partial charge in [-0.3, -0.25) is 0 Å². The normalized spacial score (nSPS) is 16.7. The van der Waals surface area contributed by atoms with Crippen molar-refractivity contribution >= 4 is 32.4 Å².